The third kappa shape index (κ3) is 4.63. The van der Waals surface area contributed by atoms with Crippen LogP contribution < -0.4 is 5.32 Å². The SMILES string of the molecule is CCS(=O)(=O)c1ccc(CNC(=O)c2ccc3c(c2)nc(COC)n3Cc2nnc3n2CCC3)cc1. The highest BCUT2D eigenvalue weighted by atomic mass is 32.2. The molecule has 0 aliphatic carbocycles. The van der Waals surface area contributed by atoms with E-state index in [0.29, 0.717) is 24.2 Å². The number of ether oxygens (including phenoxy) is 1. The van der Waals surface area contributed by atoms with Gasteiger partial charge in [-0.25, -0.2) is 13.4 Å². The molecule has 0 spiro atoms. The predicted octanol–water partition coefficient (Wildman–Crippen LogP) is 2.49. The summed E-state index contributed by atoms with van der Waals surface area (Å²) < 4.78 is 33.6. The Balaban J connectivity index is 1.34. The molecule has 3 heterocycles. The number of fused-ring (bicyclic) bond motifs is 2. The number of benzene rings is 2. The second-order valence-corrected chi connectivity index (χ2v) is 11.0. The average Bonchev–Trinajstić information content (AvgIpc) is 3.59. The van der Waals surface area contributed by atoms with Gasteiger partial charge in [-0.05, 0) is 42.3 Å². The predicted molar refractivity (Wildman–Crippen MR) is 133 cm³/mol. The molecule has 0 saturated carbocycles. The molecule has 0 bridgehead atoms. The number of nitrogens with one attached hydrogen (secondary N) is 1. The fourth-order valence-corrected chi connectivity index (χ4v) is 5.36. The van der Waals surface area contributed by atoms with Crippen LogP contribution in [0.25, 0.3) is 11.0 Å². The summed E-state index contributed by atoms with van der Waals surface area (Å²) in [5.41, 5.74) is 2.89. The van der Waals surface area contributed by atoms with Gasteiger partial charge in [0.1, 0.15) is 18.3 Å². The summed E-state index contributed by atoms with van der Waals surface area (Å²) in [5.74, 6) is 2.47. The molecule has 1 aliphatic heterocycles. The molecule has 11 heteroatoms. The van der Waals surface area contributed by atoms with Crippen LogP contribution in [0.2, 0.25) is 0 Å². The van der Waals surface area contributed by atoms with Crippen molar-refractivity contribution in [3.05, 3.63) is 71.1 Å². The van der Waals surface area contributed by atoms with Gasteiger partial charge in [-0.1, -0.05) is 19.1 Å². The van der Waals surface area contributed by atoms with Gasteiger partial charge < -0.3 is 19.2 Å². The Kier molecular flexibility index (Phi) is 6.59. The summed E-state index contributed by atoms with van der Waals surface area (Å²) in [4.78, 5) is 17.9. The van der Waals surface area contributed by atoms with Crippen molar-refractivity contribution in [3.63, 3.8) is 0 Å². The molecule has 10 nitrogen and oxygen atoms in total. The number of carbonyl (C=O) groups excluding carboxylic acids is 1. The van der Waals surface area contributed by atoms with Gasteiger partial charge in [-0.15, -0.1) is 10.2 Å². The quantitative estimate of drug-likeness (QED) is 0.369. The van der Waals surface area contributed by atoms with E-state index in [-0.39, 0.29) is 23.1 Å². The smallest absolute Gasteiger partial charge is 0.251 e. The van der Waals surface area contributed by atoms with E-state index in [2.05, 4.69) is 24.6 Å². The first kappa shape index (κ1) is 24.1. The van der Waals surface area contributed by atoms with Crippen LogP contribution in [0, 0.1) is 0 Å². The average molecular weight is 509 g/mol. The number of hydrogen-bond donors (Lipinski definition) is 1. The molecule has 5 rings (SSSR count). The number of methoxy groups -OCH3 is 1. The topological polar surface area (TPSA) is 121 Å². The Morgan fingerprint density at radius 1 is 1.11 bits per heavy atom. The minimum atomic E-state index is -3.25. The number of carbonyl (C=O) groups is 1. The molecule has 1 amide bonds. The second kappa shape index (κ2) is 9.82. The number of hydrogen-bond acceptors (Lipinski definition) is 7. The van der Waals surface area contributed by atoms with E-state index in [0.717, 1.165) is 47.9 Å². The summed E-state index contributed by atoms with van der Waals surface area (Å²) in [6, 6.07) is 12.0. The highest BCUT2D eigenvalue weighted by Crippen LogP contribution is 2.22. The Hall–Kier alpha value is -3.57. The van der Waals surface area contributed by atoms with Crippen molar-refractivity contribution >= 4 is 26.8 Å². The first-order valence-corrected chi connectivity index (χ1v) is 13.5. The Morgan fingerprint density at radius 2 is 1.92 bits per heavy atom. The number of imidazole rings is 1. The number of amides is 1. The molecule has 2 aromatic heterocycles. The van der Waals surface area contributed by atoms with E-state index in [1.807, 2.05) is 6.07 Å². The molecule has 0 radical (unpaired) electrons. The van der Waals surface area contributed by atoms with Crippen LogP contribution >= 0.6 is 0 Å². The van der Waals surface area contributed by atoms with E-state index < -0.39 is 9.84 Å². The van der Waals surface area contributed by atoms with Crippen molar-refractivity contribution in [3.8, 4) is 0 Å². The van der Waals surface area contributed by atoms with E-state index in [9.17, 15) is 13.2 Å². The molecule has 0 unspecified atom stereocenters. The van der Waals surface area contributed by atoms with Gasteiger partial charge >= 0.3 is 0 Å². The van der Waals surface area contributed by atoms with Crippen molar-refractivity contribution in [1.29, 1.82) is 0 Å². The van der Waals surface area contributed by atoms with Crippen LogP contribution in [0.1, 0.15) is 46.7 Å². The minimum absolute atomic E-state index is 0.0502. The minimum Gasteiger partial charge on any atom is -0.377 e. The number of sulfone groups is 1. The molecule has 0 saturated heterocycles. The van der Waals surface area contributed by atoms with Crippen LogP contribution in [0.5, 0.6) is 0 Å². The van der Waals surface area contributed by atoms with Crippen LogP contribution in [0.4, 0.5) is 0 Å². The Labute approximate surface area is 209 Å². The normalized spacial score (nSPS) is 13.3. The molecule has 1 aliphatic rings. The molecule has 188 valence electrons. The lowest BCUT2D eigenvalue weighted by molar-refractivity contribution is 0.0951. The molecular weight excluding hydrogens is 480 g/mol. The maximum absolute atomic E-state index is 12.8. The van der Waals surface area contributed by atoms with Crippen molar-refractivity contribution in [1.82, 2.24) is 29.6 Å². The molecule has 0 atom stereocenters. The lowest BCUT2D eigenvalue weighted by Crippen LogP contribution is -2.22. The van der Waals surface area contributed by atoms with E-state index in [4.69, 9.17) is 9.72 Å². The summed E-state index contributed by atoms with van der Waals surface area (Å²) in [7, 11) is -1.62. The lowest BCUT2D eigenvalue weighted by Gasteiger charge is -2.10. The fraction of sp³-hybridized carbons (Fsp3) is 0.360. The monoisotopic (exact) mass is 508 g/mol. The summed E-state index contributed by atoms with van der Waals surface area (Å²) in [6.07, 6.45) is 2.02. The molecule has 4 aromatic rings. The lowest BCUT2D eigenvalue weighted by atomic mass is 10.1. The Bertz CT molecular complexity index is 1520. The molecule has 36 heavy (non-hydrogen) atoms. The third-order valence-electron chi connectivity index (χ3n) is 6.46. The highest BCUT2D eigenvalue weighted by molar-refractivity contribution is 7.91. The van der Waals surface area contributed by atoms with Crippen molar-refractivity contribution in [2.75, 3.05) is 12.9 Å². The van der Waals surface area contributed by atoms with Gasteiger partial charge in [0.25, 0.3) is 5.91 Å². The van der Waals surface area contributed by atoms with Crippen LogP contribution in [-0.2, 0) is 47.2 Å². The number of aromatic nitrogens is 5. The number of aryl methyl sites for hydroxylation is 1. The zero-order chi connectivity index (χ0) is 25.3. The maximum atomic E-state index is 12.8. The molecule has 0 fully saturated rings. The number of rotatable bonds is 9. The van der Waals surface area contributed by atoms with Gasteiger partial charge in [0.2, 0.25) is 0 Å². The number of nitrogens with zero attached hydrogens (tertiary/aromatic N) is 5. The standard InChI is InChI=1S/C25H28N6O4S/c1-3-36(33,34)19-9-6-17(7-10-19)14-26-25(32)18-8-11-21-20(13-18)27-24(16-35-2)31(21)15-23-29-28-22-5-4-12-30(22)23/h6-11,13H,3-5,12,14-16H2,1-2H3,(H,26,32). The van der Waals surface area contributed by atoms with E-state index >= 15 is 0 Å². The van der Waals surface area contributed by atoms with Gasteiger partial charge in [0.15, 0.2) is 15.7 Å². The fourth-order valence-electron chi connectivity index (χ4n) is 4.47. The highest BCUT2D eigenvalue weighted by Gasteiger charge is 2.20. The first-order chi connectivity index (χ1) is 17.4. The van der Waals surface area contributed by atoms with Crippen molar-refractivity contribution in [2.45, 2.75) is 50.9 Å². The van der Waals surface area contributed by atoms with E-state index in [1.54, 1.807) is 50.4 Å². The van der Waals surface area contributed by atoms with Gasteiger partial charge in [0, 0.05) is 32.2 Å². The van der Waals surface area contributed by atoms with Crippen LogP contribution in [0.15, 0.2) is 47.4 Å². The summed E-state index contributed by atoms with van der Waals surface area (Å²) in [6.45, 7) is 3.68. The molecule has 1 N–H and O–H groups in total. The van der Waals surface area contributed by atoms with Gasteiger partial charge in [0.05, 0.1) is 28.2 Å². The molecule has 2 aromatic carbocycles. The second-order valence-electron chi connectivity index (χ2n) is 8.77. The van der Waals surface area contributed by atoms with Gasteiger partial charge in [-0.2, -0.15) is 0 Å². The zero-order valence-electron chi connectivity index (χ0n) is 20.3. The van der Waals surface area contributed by atoms with Crippen molar-refractivity contribution < 1.29 is 17.9 Å². The Morgan fingerprint density at radius 3 is 2.67 bits per heavy atom. The van der Waals surface area contributed by atoms with Gasteiger partial charge in [-0.3, -0.25) is 4.79 Å². The van der Waals surface area contributed by atoms with Crippen molar-refractivity contribution in [2.24, 2.45) is 0 Å². The van der Waals surface area contributed by atoms with Crippen LogP contribution in [0.3, 0.4) is 0 Å². The largest absolute Gasteiger partial charge is 0.377 e. The molecular formula is C25H28N6O4S. The van der Waals surface area contributed by atoms with E-state index in [1.165, 1.54) is 0 Å². The maximum Gasteiger partial charge on any atom is 0.251 e. The third-order valence-corrected chi connectivity index (χ3v) is 8.21. The summed E-state index contributed by atoms with van der Waals surface area (Å²) in [5, 5.41) is 11.6. The van der Waals surface area contributed by atoms with Crippen LogP contribution in [-0.4, -0.2) is 51.5 Å². The zero-order valence-corrected chi connectivity index (χ0v) is 21.1. The summed E-state index contributed by atoms with van der Waals surface area (Å²) >= 11 is 0. The first-order valence-electron chi connectivity index (χ1n) is 11.9.